The molecule has 4 nitrogen and oxygen atoms in total. The largest absolute Gasteiger partial charge is 0.392 e. The van der Waals surface area contributed by atoms with Crippen molar-refractivity contribution in [2.24, 2.45) is 39.9 Å². The van der Waals surface area contributed by atoms with Gasteiger partial charge in [0.25, 0.3) is 0 Å². The monoisotopic (exact) mass is 329 g/mol. The predicted molar refractivity (Wildman–Crippen MR) is 86.6 cm³/mol. The van der Waals surface area contributed by atoms with Crippen molar-refractivity contribution in [1.29, 1.82) is 0 Å². The number of fused-ring (bicyclic) bond motifs is 1. The molecule has 0 amide bonds. The molecule has 0 radical (unpaired) electrons. The van der Waals surface area contributed by atoms with Gasteiger partial charge in [0.15, 0.2) is 0 Å². The van der Waals surface area contributed by atoms with Crippen molar-refractivity contribution in [2.45, 2.75) is 63.0 Å². The third kappa shape index (κ3) is 0.903. The van der Waals surface area contributed by atoms with Crippen molar-refractivity contribution in [1.82, 2.24) is 4.90 Å². The summed E-state index contributed by atoms with van der Waals surface area (Å²) in [5, 5.41) is 34.4. The molecule has 9 fully saturated rings. The van der Waals surface area contributed by atoms with Crippen LogP contribution in [0.15, 0.2) is 12.2 Å². The molecule has 2 spiro atoms. The molecule has 3 unspecified atom stereocenters. The molecule has 4 heteroatoms. The summed E-state index contributed by atoms with van der Waals surface area (Å²) in [5.74, 6) is 0.946. The lowest BCUT2D eigenvalue weighted by Crippen LogP contribution is -2.71. The Kier molecular flexibility index (Phi) is 1.88. The highest BCUT2D eigenvalue weighted by Gasteiger charge is 2.93. The highest BCUT2D eigenvalue weighted by Crippen LogP contribution is 2.88. The number of piperidine rings is 2. The van der Waals surface area contributed by atoms with Crippen LogP contribution in [-0.2, 0) is 0 Å². The van der Waals surface area contributed by atoms with Crippen LogP contribution >= 0.6 is 0 Å². The fourth-order valence-corrected chi connectivity index (χ4v) is 10.6. The molecule has 0 aromatic carbocycles. The Balaban J connectivity index is 1.57. The van der Waals surface area contributed by atoms with E-state index in [9.17, 15) is 15.3 Å². The first-order valence-electron chi connectivity index (χ1n) is 9.86. The number of nitrogens with zero attached hydrogens (tertiary/aromatic N) is 1. The topological polar surface area (TPSA) is 63.9 Å². The first-order chi connectivity index (χ1) is 11.3. The maximum atomic E-state index is 11.9. The molecule has 9 aliphatic rings. The number of rotatable bonds is 0. The van der Waals surface area contributed by atoms with E-state index in [4.69, 9.17) is 0 Å². The molecule has 12 atom stereocenters. The molecular formula is C20H27NO3. The third-order valence-corrected chi connectivity index (χ3v) is 10.4. The van der Waals surface area contributed by atoms with E-state index in [0.29, 0.717) is 18.4 Å². The van der Waals surface area contributed by atoms with Gasteiger partial charge in [-0.2, -0.15) is 0 Å². The quantitative estimate of drug-likeness (QED) is 0.583. The van der Waals surface area contributed by atoms with E-state index in [2.05, 4.69) is 18.4 Å². The Morgan fingerprint density at radius 1 is 1.21 bits per heavy atom. The number of hydrogen-bond acceptors (Lipinski definition) is 4. The van der Waals surface area contributed by atoms with Gasteiger partial charge in [-0.05, 0) is 48.0 Å². The summed E-state index contributed by atoms with van der Waals surface area (Å²) in [6.07, 6.45) is 4.26. The zero-order valence-electron chi connectivity index (χ0n) is 14.3. The van der Waals surface area contributed by atoms with Gasteiger partial charge in [0, 0.05) is 35.8 Å². The second kappa shape index (κ2) is 3.28. The van der Waals surface area contributed by atoms with Crippen LogP contribution in [0.2, 0.25) is 0 Å². The molecule has 3 saturated heterocycles. The molecule has 130 valence electrons. The van der Waals surface area contributed by atoms with Gasteiger partial charge in [-0.25, -0.2) is 0 Å². The number of hydrogen-bond donors (Lipinski definition) is 3. The number of aliphatic hydroxyl groups excluding tert-OH is 2. The Hall–Kier alpha value is -0.420. The highest BCUT2D eigenvalue weighted by atomic mass is 16.3. The van der Waals surface area contributed by atoms with Gasteiger partial charge in [0.05, 0.1) is 12.2 Å². The molecule has 9 rings (SSSR count). The normalized spacial score (nSPS) is 76.1. The van der Waals surface area contributed by atoms with E-state index in [1.807, 2.05) is 0 Å². The zero-order chi connectivity index (χ0) is 16.4. The summed E-state index contributed by atoms with van der Waals surface area (Å²) in [5.41, 5.74) is -0.0153. The second-order valence-corrected chi connectivity index (χ2v) is 10.7. The van der Waals surface area contributed by atoms with Crippen LogP contribution in [0.25, 0.3) is 0 Å². The van der Waals surface area contributed by atoms with Gasteiger partial charge in [-0.1, -0.05) is 19.9 Å². The van der Waals surface area contributed by atoms with Crippen molar-refractivity contribution in [3.63, 3.8) is 0 Å². The average molecular weight is 329 g/mol. The maximum absolute atomic E-state index is 11.9. The lowest BCUT2D eigenvalue weighted by atomic mass is 9.39. The summed E-state index contributed by atoms with van der Waals surface area (Å²) < 4.78 is 0. The van der Waals surface area contributed by atoms with Gasteiger partial charge in [-0.15, -0.1) is 0 Å². The van der Waals surface area contributed by atoms with E-state index in [-0.39, 0.29) is 40.1 Å². The molecule has 0 aromatic heterocycles. The lowest BCUT2D eigenvalue weighted by molar-refractivity contribution is -0.272. The van der Waals surface area contributed by atoms with Gasteiger partial charge in [0.1, 0.15) is 5.72 Å². The second-order valence-electron chi connectivity index (χ2n) is 10.7. The van der Waals surface area contributed by atoms with Crippen molar-refractivity contribution < 1.29 is 15.3 Å². The van der Waals surface area contributed by atoms with E-state index < -0.39 is 11.8 Å². The Morgan fingerprint density at radius 3 is 2.79 bits per heavy atom. The van der Waals surface area contributed by atoms with Crippen LogP contribution in [-0.4, -0.2) is 50.7 Å². The van der Waals surface area contributed by atoms with Gasteiger partial charge in [0.2, 0.25) is 0 Å². The molecule has 3 N–H and O–H groups in total. The highest BCUT2D eigenvalue weighted by molar-refractivity contribution is 5.45. The van der Waals surface area contributed by atoms with Gasteiger partial charge in [-0.3, -0.25) is 4.90 Å². The molecule has 0 aromatic rings. The first kappa shape index (κ1) is 13.7. The van der Waals surface area contributed by atoms with Gasteiger partial charge < -0.3 is 15.3 Å². The SMILES string of the molecule is C=C1[C@H]2C[C@@H]3C4N5C[C@]6(C)CCC[C@]47[C@@H]([C@@H]2O)C3(C[C@@]5(O)[C@@H]67)[C@H]1O. The summed E-state index contributed by atoms with van der Waals surface area (Å²) >= 11 is 0. The van der Waals surface area contributed by atoms with Gasteiger partial charge >= 0.3 is 0 Å². The van der Waals surface area contributed by atoms with Crippen molar-refractivity contribution >= 4 is 0 Å². The Labute approximate surface area is 142 Å². The van der Waals surface area contributed by atoms with Crippen LogP contribution in [0.1, 0.15) is 39.0 Å². The minimum Gasteiger partial charge on any atom is -0.392 e. The zero-order valence-corrected chi connectivity index (χ0v) is 14.3. The van der Waals surface area contributed by atoms with Crippen LogP contribution in [0, 0.1) is 39.9 Å². The molecule has 24 heavy (non-hydrogen) atoms. The fraction of sp³-hybridized carbons (Fsp3) is 0.900. The van der Waals surface area contributed by atoms with Crippen LogP contribution in [0.4, 0.5) is 0 Å². The summed E-state index contributed by atoms with van der Waals surface area (Å²) in [6, 6.07) is 0.377. The van der Waals surface area contributed by atoms with E-state index in [0.717, 1.165) is 25.0 Å². The molecule has 6 saturated carbocycles. The molecule has 3 heterocycles. The molecule has 3 aliphatic heterocycles. The van der Waals surface area contributed by atoms with Crippen LogP contribution < -0.4 is 0 Å². The summed E-state index contributed by atoms with van der Waals surface area (Å²) in [6.45, 7) is 7.56. The number of aliphatic hydroxyl groups is 3. The summed E-state index contributed by atoms with van der Waals surface area (Å²) in [4.78, 5) is 2.45. The third-order valence-electron chi connectivity index (χ3n) is 10.4. The smallest absolute Gasteiger partial charge is 0.123 e. The minimum atomic E-state index is -0.752. The Morgan fingerprint density at radius 2 is 2.00 bits per heavy atom. The van der Waals surface area contributed by atoms with E-state index in [1.165, 1.54) is 12.8 Å². The van der Waals surface area contributed by atoms with E-state index in [1.54, 1.807) is 0 Å². The molecule has 9 bridgehead atoms. The van der Waals surface area contributed by atoms with Crippen molar-refractivity contribution in [3.05, 3.63) is 12.2 Å². The fourth-order valence-electron chi connectivity index (χ4n) is 10.6. The Bertz CT molecular complexity index is 724. The van der Waals surface area contributed by atoms with E-state index >= 15 is 0 Å². The molecular weight excluding hydrogens is 302 g/mol. The van der Waals surface area contributed by atoms with Crippen molar-refractivity contribution in [3.8, 4) is 0 Å². The first-order valence-corrected chi connectivity index (χ1v) is 9.86. The average Bonchev–Trinajstić information content (AvgIpc) is 2.88. The van der Waals surface area contributed by atoms with Crippen LogP contribution in [0.3, 0.4) is 0 Å². The summed E-state index contributed by atoms with van der Waals surface area (Å²) in [7, 11) is 0. The van der Waals surface area contributed by atoms with Crippen LogP contribution in [0.5, 0.6) is 0 Å². The predicted octanol–water partition coefficient (Wildman–Crippen LogP) is 1.11. The maximum Gasteiger partial charge on any atom is 0.123 e. The molecule has 6 aliphatic carbocycles. The lowest BCUT2D eigenvalue weighted by Gasteiger charge is -2.67. The standard InChI is InChI=1S/C20H27NO3/c1-9-10-6-11-14-18-5-3-4-17(2)8-21(14)20(24,16(17)18)7-19(11,15(9)23)13(18)12(10)22/h10-16,22-24H,1,3-8H2,2H3/t10-,11-,12-,13-,14?,15+,16+,17+,18+,19?,20-/m1/s1. The van der Waals surface area contributed by atoms with Crippen molar-refractivity contribution in [2.75, 3.05) is 6.54 Å². The minimum absolute atomic E-state index is 0.0266.